The number of hydrogen-bond acceptors (Lipinski definition) is 26. The Morgan fingerprint density at radius 2 is 1.36 bits per heavy atom. The van der Waals surface area contributed by atoms with Crippen molar-refractivity contribution in [3.8, 4) is 32.6 Å². The van der Waals surface area contributed by atoms with Gasteiger partial charge in [0.05, 0.1) is 55.9 Å². The first-order valence-electron chi connectivity index (χ1n) is 32.5. The summed E-state index contributed by atoms with van der Waals surface area (Å²) in [5, 5.41) is 124. The van der Waals surface area contributed by atoms with Crippen molar-refractivity contribution < 1.29 is 97.4 Å². The third-order valence-electron chi connectivity index (χ3n) is 18.5. The number of β-amino-alcohol motifs (C(OH)–C–C–N with tert-alkyl or cyclic N) is 1. The van der Waals surface area contributed by atoms with Gasteiger partial charge in [-0.3, -0.25) is 52.1 Å². The van der Waals surface area contributed by atoms with Gasteiger partial charge in [0.15, 0.2) is 11.5 Å². The molecular formula is C64H88N12O20S2. The number of aromatic nitrogens is 2. The monoisotopic (exact) mass is 1410 g/mol. The number of anilines is 1. The molecule has 5 aliphatic rings. The van der Waals surface area contributed by atoms with Gasteiger partial charge in [0, 0.05) is 99.4 Å². The molecule has 18 N–H and O–H groups in total. The number of rotatable bonds is 19. The Hall–Kier alpha value is -7.52. The summed E-state index contributed by atoms with van der Waals surface area (Å²) in [5.41, 5.74) is 3.84. The first kappa shape index (κ1) is 74.7. The Bertz CT molecular complexity index is 3450. The molecule has 9 rings (SSSR count). The zero-order valence-electron chi connectivity index (χ0n) is 54.1. The summed E-state index contributed by atoms with van der Waals surface area (Å²) in [4.78, 5) is 109. The summed E-state index contributed by atoms with van der Waals surface area (Å²) in [7, 11) is 0. The van der Waals surface area contributed by atoms with E-state index in [1.807, 2.05) is 12.1 Å². The van der Waals surface area contributed by atoms with Crippen LogP contribution in [-0.2, 0) is 35.2 Å². The molecule has 13 atom stereocenters. The van der Waals surface area contributed by atoms with Crippen LogP contribution in [0.4, 0.5) is 5.69 Å². The van der Waals surface area contributed by atoms with E-state index in [4.69, 9.17) is 0 Å². The maximum absolute atomic E-state index is 15.0. The third kappa shape index (κ3) is 18.7. The lowest BCUT2D eigenvalue weighted by Crippen LogP contribution is -2.64. The highest BCUT2D eigenvalue weighted by atomic mass is 32.3. The second-order valence-corrected chi connectivity index (χ2v) is 27.8. The van der Waals surface area contributed by atoms with Crippen molar-refractivity contribution in [3.63, 3.8) is 0 Å². The smallest absolute Gasteiger partial charge is 0.266 e. The number of benzene rings is 3. The van der Waals surface area contributed by atoms with E-state index in [2.05, 4.69) is 74.8 Å². The van der Waals surface area contributed by atoms with Gasteiger partial charge in [-0.2, -0.15) is 0 Å². The van der Waals surface area contributed by atoms with Crippen molar-refractivity contribution in [2.24, 2.45) is 5.92 Å². The van der Waals surface area contributed by atoms with Gasteiger partial charge >= 0.3 is 0 Å². The molecule has 32 nitrogen and oxygen atoms in total. The molecule has 1 saturated carbocycles. The average molecular weight is 1410 g/mol. The van der Waals surface area contributed by atoms with E-state index in [0.29, 0.717) is 21.6 Å². The van der Waals surface area contributed by atoms with Crippen LogP contribution in [0.25, 0.3) is 21.1 Å². The number of aromatic hydroxyl groups is 1. The van der Waals surface area contributed by atoms with Crippen molar-refractivity contribution in [2.45, 2.75) is 150 Å². The minimum atomic E-state index is -4.74. The van der Waals surface area contributed by atoms with Gasteiger partial charge in [0.2, 0.25) is 35.4 Å². The highest BCUT2D eigenvalue weighted by Gasteiger charge is 2.50. The number of amides is 7. The number of fused-ring (bicyclic) bond motifs is 2. The van der Waals surface area contributed by atoms with Crippen LogP contribution >= 0.6 is 22.5 Å². The highest BCUT2D eigenvalue weighted by molar-refractivity contribution is 8.15. The molecule has 1 aliphatic carbocycles. The summed E-state index contributed by atoms with van der Waals surface area (Å²) in [5.74, 6) is -10.5. The van der Waals surface area contributed by atoms with Crippen molar-refractivity contribution in [3.05, 3.63) is 90.0 Å². The second kappa shape index (κ2) is 33.1. The van der Waals surface area contributed by atoms with Crippen molar-refractivity contribution in [1.82, 2.24) is 56.8 Å². The highest BCUT2D eigenvalue weighted by Crippen LogP contribution is 2.41. The van der Waals surface area contributed by atoms with Crippen LogP contribution in [0.2, 0.25) is 0 Å². The Labute approximate surface area is 570 Å². The van der Waals surface area contributed by atoms with Crippen LogP contribution in [0.5, 0.6) is 11.5 Å². The van der Waals surface area contributed by atoms with Crippen LogP contribution in [-0.4, -0.2) is 276 Å². The number of nitrogens with zero attached hydrogens (tertiary/aromatic N) is 6. The molecule has 1 unspecified atom stereocenters. The lowest BCUT2D eigenvalue weighted by atomic mass is 9.90. The second-order valence-electron chi connectivity index (χ2n) is 25.7. The van der Waals surface area contributed by atoms with E-state index in [1.54, 1.807) is 12.1 Å². The number of carbonyl (C=O) groups excluding carboxylic acids is 7. The standard InChI is InChI=1S/C64H88N12O20S2/c1-33-4-13-41(14-5-33)73-20-22-74(23-21-73)42-15-11-39(12-16-42)62-72-71-61(97-62)38-9-7-37(8-10-38)56(86)67-45-26-43(80)28-66-60(90)54-55(85)34(2)29-76(54)64(92)53(48(83)18-19-65-40(31-77)32-78)70-59(89)52(49(84)24-36-6-17-47(82)50(25-36)96-98(93,94)95)69-58(88)46-27-44(81)30-75(46)63(91)51(35(3)79)68-57(45)87/h6-12,15-17,25,34-35,40-41,43-46,48-49,51-55,65,77-85,93-95H,1,4-5,13-14,18-24,26-32H2,2-3H3,(H,66,90)(H,67,86)(H,68,87)(H,69,88)(H,70,89)/t34-,35+,43+,44+,45?,46-,48+,49+,51-,52-,53-,54-,55-/m0/s1. The van der Waals surface area contributed by atoms with E-state index in [0.717, 1.165) is 92.0 Å². The number of carbonyl (C=O) groups is 7. The number of piperazine rings is 1. The van der Waals surface area contributed by atoms with Crippen LogP contribution in [0, 0.1) is 5.92 Å². The van der Waals surface area contributed by atoms with Crippen LogP contribution < -0.4 is 41.0 Å². The van der Waals surface area contributed by atoms with Gasteiger partial charge in [-0.05, 0) is 99.7 Å². The normalized spacial score (nSPS) is 26.7. The number of hydrogen-bond donors (Lipinski definition) is 18. The van der Waals surface area contributed by atoms with Crippen molar-refractivity contribution in [1.29, 1.82) is 0 Å². The molecule has 0 radical (unpaired) electrons. The molecule has 4 aromatic rings. The molecule has 0 bridgehead atoms. The SMILES string of the molecule is C=C1CCC(N2CCN(c3ccc(-c4nnc(-c5ccc(C(=O)NC6C[C@@H](O)CNC(=O)[C@@H]7[C@@H](O)[C@@H](C)CN7C(=O)[C@H]([C@H](O)CCNC(CO)CO)NC(=O)[C@H]([C@H](O)Cc7ccc(O)c(OS(O)(O)O)c7)NC(=O)[C@@H]7C[C@@H](O)CN7C(=O)[C@H]([C@@H](C)O)NC6=O)cc5)s4)cc3)CC2)CC1. The molecule has 98 heavy (non-hydrogen) atoms. The van der Waals surface area contributed by atoms with Gasteiger partial charge in [-0.25, -0.2) is 0 Å². The molecule has 1 aromatic heterocycles. The summed E-state index contributed by atoms with van der Waals surface area (Å²) in [6.45, 7) is 7.52. The van der Waals surface area contributed by atoms with Gasteiger partial charge < -0.3 is 96.7 Å². The Balaban J connectivity index is 0.969. The minimum absolute atomic E-state index is 0.00846. The number of allylic oxidation sites excluding steroid dienone is 1. The lowest BCUT2D eigenvalue weighted by molar-refractivity contribution is -0.147. The third-order valence-corrected chi connectivity index (χ3v) is 19.9. The molecular weight excluding hydrogens is 1320 g/mol. The first-order valence-corrected chi connectivity index (χ1v) is 34.7. The number of aliphatic hydroxyl groups is 8. The molecule has 5 fully saturated rings. The Morgan fingerprint density at radius 3 is 1.98 bits per heavy atom. The topological polar surface area (TPSA) is 482 Å². The zero-order chi connectivity index (χ0) is 70.9. The summed E-state index contributed by atoms with van der Waals surface area (Å²) in [6, 6.07) is 5.37. The fourth-order valence-corrected chi connectivity index (χ4v) is 14.2. The maximum atomic E-state index is 15.0. The fraction of sp³-hybridized carbons (Fsp3) is 0.547. The number of phenols is 1. The summed E-state index contributed by atoms with van der Waals surface area (Å²) >= 11 is -3.42. The lowest BCUT2D eigenvalue weighted by Gasteiger charge is -2.41. The first-order chi connectivity index (χ1) is 46.6. The Kier molecular flexibility index (Phi) is 25.2. The molecule has 4 aliphatic heterocycles. The maximum Gasteiger partial charge on any atom is 0.266 e. The molecule has 7 amide bonds. The van der Waals surface area contributed by atoms with E-state index < -0.39 is 201 Å². The van der Waals surface area contributed by atoms with E-state index in [9.17, 15) is 93.2 Å². The molecule has 3 aromatic carbocycles. The van der Waals surface area contributed by atoms with Crippen LogP contribution in [0.15, 0.2) is 78.9 Å². The molecule has 0 spiro atoms. The zero-order valence-corrected chi connectivity index (χ0v) is 55.7. The van der Waals surface area contributed by atoms with Crippen molar-refractivity contribution >= 4 is 69.5 Å². The van der Waals surface area contributed by atoms with Crippen molar-refractivity contribution in [2.75, 3.05) is 70.5 Å². The number of nitrogens with one attached hydrogen (secondary N) is 6. The predicted octanol–water partition coefficient (Wildman–Crippen LogP) is -2.00. The number of phenolic OH excluding ortho intramolecular Hbond substituents is 1. The van der Waals surface area contributed by atoms with Gasteiger partial charge in [0.25, 0.3) is 17.1 Å². The summed E-state index contributed by atoms with van der Waals surface area (Å²) < 4.78 is 33.4. The van der Waals surface area contributed by atoms with E-state index in [1.165, 1.54) is 42.0 Å². The number of aliphatic hydroxyl groups excluding tert-OH is 8. The van der Waals surface area contributed by atoms with Gasteiger partial charge in [-0.1, -0.05) is 48.6 Å². The van der Waals surface area contributed by atoms with E-state index >= 15 is 0 Å². The average Bonchev–Trinajstić information content (AvgIpc) is 1.60. The van der Waals surface area contributed by atoms with Crippen LogP contribution in [0.3, 0.4) is 0 Å². The minimum Gasteiger partial charge on any atom is -0.504 e. The molecule has 5 heterocycles. The van der Waals surface area contributed by atoms with Gasteiger partial charge in [0.1, 0.15) is 46.3 Å². The summed E-state index contributed by atoms with van der Waals surface area (Å²) in [6.07, 6.45) is -8.56. The Morgan fingerprint density at radius 1 is 0.745 bits per heavy atom. The van der Waals surface area contributed by atoms with Gasteiger partial charge in [-0.15, -0.1) is 10.2 Å². The molecule has 4 saturated heterocycles. The molecule has 536 valence electrons. The van der Waals surface area contributed by atoms with Crippen LogP contribution in [0.1, 0.15) is 74.7 Å². The fourth-order valence-electron chi connectivity index (χ4n) is 12.9. The predicted molar refractivity (Wildman–Crippen MR) is 356 cm³/mol. The quantitative estimate of drug-likeness (QED) is 0.0451. The molecule has 34 heteroatoms. The largest absolute Gasteiger partial charge is 0.504 e. The van der Waals surface area contributed by atoms with E-state index in [-0.39, 0.29) is 24.2 Å².